The molecule has 0 spiro atoms. The van der Waals surface area contributed by atoms with E-state index < -0.39 is 0 Å². The van der Waals surface area contributed by atoms with Gasteiger partial charge >= 0.3 is 0 Å². The van der Waals surface area contributed by atoms with E-state index in [1.54, 1.807) is 0 Å². The Morgan fingerprint density at radius 3 is 2.18 bits per heavy atom. The molecule has 1 aliphatic rings. The van der Waals surface area contributed by atoms with Crippen molar-refractivity contribution < 1.29 is 0 Å². The Morgan fingerprint density at radius 2 is 1.68 bits per heavy atom. The predicted octanol–water partition coefficient (Wildman–Crippen LogP) is 2.34. The summed E-state index contributed by atoms with van der Waals surface area (Å²) >= 11 is 0. The molecule has 1 fully saturated rings. The van der Waals surface area contributed by atoms with E-state index >= 15 is 0 Å². The van der Waals surface area contributed by atoms with Crippen LogP contribution in [0, 0.1) is 11.3 Å². The van der Waals surface area contributed by atoms with Crippen LogP contribution in [-0.4, -0.2) is 61.0 Å². The summed E-state index contributed by atoms with van der Waals surface area (Å²) in [6.45, 7) is 11.5. The average molecular weight is 300 g/mol. The SMILES string of the molecule is CCN(CC)Cc1ccc(C(C#N)N2CCN(C)CC2)cc1. The molecule has 1 saturated heterocycles. The lowest BCUT2D eigenvalue weighted by molar-refractivity contribution is 0.133. The maximum Gasteiger partial charge on any atom is 0.123 e. The second-order valence-corrected chi connectivity index (χ2v) is 6.07. The van der Waals surface area contributed by atoms with Crippen molar-refractivity contribution >= 4 is 0 Å². The molecule has 1 heterocycles. The zero-order valence-electron chi connectivity index (χ0n) is 14.1. The fraction of sp³-hybridized carbons (Fsp3) is 0.611. The number of hydrogen-bond acceptors (Lipinski definition) is 4. The molecule has 1 aromatic rings. The molecule has 0 aromatic heterocycles. The smallest absolute Gasteiger partial charge is 0.123 e. The zero-order valence-corrected chi connectivity index (χ0v) is 14.1. The zero-order chi connectivity index (χ0) is 15.9. The monoisotopic (exact) mass is 300 g/mol. The summed E-state index contributed by atoms with van der Waals surface area (Å²) < 4.78 is 0. The molecule has 0 saturated carbocycles. The maximum atomic E-state index is 9.57. The molecule has 1 unspecified atom stereocenters. The molecule has 1 aromatic carbocycles. The van der Waals surface area contributed by atoms with Crippen molar-refractivity contribution in [3.8, 4) is 6.07 Å². The van der Waals surface area contributed by atoms with Gasteiger partial charge in [-0.3, -0.25) is 9.80 Å². The molecule has 120 valence electrons. The molecule has 22 heavy (non-hydrogen) atoms. The van der Waals surface area contributed by atoms with E-state index in [4.69, 9.17) is 0 Å². The molecule has 1 aliphatic heterocycles. The van der Waals surface area contributed by atoms with Crippen LogP contribution < -0.4 is 0 Å². The Balaban J connectivity index is 2.03. The largest absolute Gasteiger partial charge is 0.304 e. The van der Waals surface area contributed by atoms with Gasteiger partial charge in [0, 0.05) is 32.7 Å². The highest BCUT2D eigenvalue weighted by Crippen LogP contribution is 2.22. The van der Waals surface area contributed by atoms with E-state index in [0.717, 1.165) is 51.4 Å². The number of likely N-dealkylation sites (N-methyl/N-ethyl adjacent to an activating group) is 1. The number of piperazine rings is 1. The lowest BCUT2D eigenvalue weighted by Gasteiger charge is -2.35. The minimum Gasteiger partial charge on any atom is -0.304 e. The molecule has 0 aliphatic carbocycles. The van der Waals surface area contributed by atoms with E-state index in [1.807, 2.05) is 0 Å². The van der Waals surface area contributed by atoms with Crippen LogP contribution in [0.2, 0.25) is 0 Å². The van der Waals surface area contributed by atoms with E-state index in [9.17, 15) is 5.26 Å². The van der Waals surface area contributed by atoms with Gasteiger partial charge in [0.1, 0.15) is 6.04 Å². The summed E-state index contributed by atoms with van der Waals surface area (Å²) in [4.78, 5) is 7.01. The summed E-state index contributed by atoms with van der Waals surface area (Å²) in [6, 6.07) is 11.0. The van der Waals surface area contributed by atoms with Gasteiger partial charge in [0.25, 0.3) is 0 Å². The maximum absolute atomic E-state index is 9.57. The Morgan fingerprint density at radius 1 is 1.09 bits per heavy atom. The van der Waals surface area contributed by atoms with Gasteiger partial charge in [-0.25, -0.2) is 0 Å². The van der Waals surface area contributed by atoms with Crippen molar-refractivity contribution in [2.24, 2.45) is 0 Å². The van der Waals surface area contributed by atoms with E-state index in [2.05, 4.69) is 65.9 Å². The summed E-state index contributed by atoms with van der Waals surface area (Å²) in [5, 5.41) is 9.57. The number of nitriles is 1. The Labute approximate surface area is 134 Å². The number of benzene rings is 1. The number of nitrogens with zero attached hydrogens (tertiary/aromatic N) is 4. The van der Waals surface area contributed by atoms with Gasteiger partial charge in [0.2, 0.25) is 0 Å². The van der Waals surface area contributed by atoms with E-state index in [0.29, 0.717) is 0 Å². The molecule has 2 rings (SSSR count). The normalized spacial score (nSPS) is 18.3. The van der Waals surface area contributed by atoms with Crippen LogP contribution in [0.1, 0.15) is 31.0 Å². The number of hydrogen-bond donors (Lipinski definition) is 0. The van der Waals surface area contributed by atoms with Crippen LogP contribution in [0.15, 0.2) is 24.3 Å². The molecule has 0 N–H and O–H groups in total. The van der Waals surface area contributed by atoms with Crippen LogP contribution in [0.4, 0.5) is 0 Å². The number of rotatable bonds is 6. The van der Waals surface area contributed by atoms with Gasteiger partial charge < -0.3 is 4.90 Å². The molecular weight excluding hydrogens is 272 g/mol. The van der Waals surface area contributed by atoms with Crippen molar-refractivity contribution in [2.45, 2.75) is 26.4 Å². The minimum atomic E-state index is -0.115. The van der Waals surface area contributed by atoms with Gasteiger partial charge in [-0.1, -0.05) is 38.1 Å². The Kier molecular flexibility index (Phi) is 6.38. The van der Waals surface area contributed by atoms with Crippen LogP contribution in [0.3, 0.4) is 0 Å². The minimum absolute atomic E-state index is 0.115. The highest BCUT2D eigenvalue weighted by Gasteiger charge is 2.23. The van der Waals surface area contributed by atoms with Gasteiger partial charge in [0.05, 0.1) is 6.07 Å². The standard InChI is InChI=1S/C18H28N4/c1-4-21(5-2)15-16-6-8-17(9-7-16)18(14-19)22-12-10-20(3)11-13-22/h6-9,18H,4-5,10-13,15H2,1-3H3. The first-order valence-electron chi connectivity index (χ1n) is 8.31. The molecule has 0 bridgehead atoms. The first-order valence-corrected chi connectivity index (χ1v) is 8.31. The summed E-state index contributed by atoms with van der Waals surface area (Å²) in [5.74, 6) is 0. The third-order valence-electron chi connectivity index (χ3n) is 4.62. The van der Waals surface area contributed by atoms with Crippen LogP contribution in [-0.2, 0) is 6.54 Å². The van der Waals surface area contributed by atoms with Gasteiger partial charge in [0.15, 0.2) is 0 Å². The van der Waals surface area contributed by atoms with Crippen molar-refractivity contribution in [1.29, 1.82) is 5.26 Å². The van der Waals surface area contributed by atoms with Gasteiger partial charge in [-0.05, 0) is 31.3 Å². The highest BCUT2D eigenvalue weighted by atomic mass is 15.3. The average Bonchev–Trinajstić information content (AvgIpc) is 2.56. The van der Waals surface area contributed by atoms with Crippen molar-refractivity contribution in [1.82, 2.24) is 14.7 Å². The molecule has 4 heteroatoms. The lowest BCUT2D eigenvalue weighted by atomic mass is 10.0. The Bertz CT molecular complexity index is 479. The summed E-state index contributed by atoms with van der Waals surface area (Å²) in [7, 11) is 2.14. The van der Waals surface area contributed by atoms with Crippen LogP contribution in [0.5, 0.6) is 0 Å². The van der Waals surface area contributed by atoms with Crippen molar-refractivity contribution in [2.75, 3.05) is 46.3 Å². The second-order valence-electron chi connectivity index (χ2n) is 6.07. The highest BCUT2D eigenvalue weighted by molar-refractivity contribution is 5.28. The first-order chi connectivity index (χ1) is 10.7. The first kappa shape index (κ1) is 17.0. The second kappa shape index (κ2) is 8.28. The topological polar surface area (TPSA) is 33.5 Å². The molecular formula is C18H28N4. The van der Waals surface area contributed by atoms with Crippen LogP contribution >= 0.6 is 0 Å². The molecule has 0 amide bonds. The van der Waals surface area contributed by atoms with Crippen molar-refractivity contribution in [3.63, 3.8) is 0 Å². The summed E-state index contributed by atoms with van der Waals surface area (Å²) in [6.07, 6.45) is 0. The third-order valence-corrected chi connectivity index (χ3v) is 4.62. The Hall–Kier alpha value is -1.41. The molecule has 4 nitrogen and oxygen atoms in total. The quantitative estimate of drug-likeness (QED) is 0.807. The fourth-order valence-corrected chi connectivity index (χ4v) is 2.96. The van der Waals surface area contributed by atoms with Crippen LogP contribution in [0.25, 0.3) is 0 Å². The van der Waals surface area contributed by atoms with Crippen molar-refractivity contribution in [3.05, 3.63) is 35.4 Å². The van der Waals surface area contributed by atoms with E-state index in [1.165, 1.54) is 5.56 Å². The van der Waals surface area contributed by atoms with Gasteiger partial charge in [-0.2, -0.15) is 5.26 Å². The summed E-state index contributed by atoms with van der Waals surface area (Å²) in [5.41, 5.74) is 2.44. The lowest BCUT2D eigenvalue weighted by Crippen LogP contribution is -2.45. The molecule has 1 atom stereocenters. The van der Waals surface area contributed by atoms with Gasteiger partial charge in [-0.15, -0.1) is 0 Å². The predicted molar refractivity (Wildman–Crippen MR) is 90.5 cm³/mol. The molecule has 0 radical (unpaired) electrons. The fourth-order valence-electron chi connectivity index (χ4n) is 2.96. The van der Waals surface area contributed by atoms with E-state index in [-0.39, 0.29) is 6.04 Å². The third kappa shape index (κ3) is 4.30.